The molecular weight excluding hydrogens is 322 g/mol. The maximum atomic E-state index is 11.8. The molecule has 1 unspecified atom stereocenters. The van der Waals surface area contributed by atoms with E-state index < -0.39 is 16.8 Å². The molecule has 1 N–H and O–H groups in total. The molecule has 0 saturated heterocycles. The van der Waals surface area contributed by atoms with Crippen LogP contribution in [0.1, 0.15) is 11.7 Å². The number of thiophene rings is 1. The third-order valence-electron chi connectivity index (χ3n) is 3.15. The first-order valence-corrected chi connectivity index (χ1v) is 7.47. The van der Waals surface area contributed by atoms with E-state index in [4.69, 9.17) is 4.42 Å². The fourth-order valence-electron chi connectivity index (χ4n) is 2.04. The maximum Gasteiger partial charge on any atom is 0.437 e. The van der Waals surface area contributed by atoms with Crippen LogP contribution in [0.25, 0.3) is 10.8 Å². The van der Waals surface area contributed by atoms with Gasteiger partial charge in [-0.25, -0.2) is 4.79 Å². The summed E-state index contributed by atoms with van der Waals surface area (Å²) >= 11 is 1.37. The van der Waals surface area contributed by atoms with Crippen LogP contribution < -0.4 is 5.76 Å². The van der Waals surface area contributed by atoms with Crippen molar-refractivity contribution < 1.29 is 14.4 Å². The number of hydrogen-bond acceptors (Lipinski definition) is 7. The molecule has 23 heavy (non-hydrogen) atoms. The van der Waals surface area contributed by atoms with Crippen molar-refractivity contribution in [3.05, 3.63) is 68.0 Å². The summed E-state index contributed by atoms with van der Waals surface area (Å²) in [6, 6.07) is 9.17. The molecule has 3 rings (SSSR count). The summed E-state index contributed by atoms with van der Waals surface area (Å²) < 4.78 is 6.04. The van der Waals surface area contributed by atoms with Crippen LogP contribution in [0.15, 0.2) is 51.0 Å². The van der Waals surface area contributed by atoms with Crippen LogP contribution in [0, 0.1) is 10.1 Å². The molecule has 0 aliphatic rings. The largest absolute Gasteiger partial charge is 0.437 e. The summed E-state index contributed by atoms with van der Waals surface area (Å²) in [6.07, 6.45) is -1.12. The predicted octanol–water partition coefficient (Wildman–Crippen LogP) is 2.21. The molecule has 1 aromatic carbocycles. The molecule has 2 aromatic heterocycles. The topological polar surface area (TPSA) is 111 Å². The third-order valence-corrected chi connectivity index (χ3v) is 4.01. The number of aromatic nitrogens is 2. The fourth-order valence-corrected chi connectivity index (χ4v) is 2.68. The summed E-state index contributed by atoms with van der Waals surface area (Å²) in [5.74, 6) is -0.519. The molecule has 0 fully saturated rings. The van der Waals surface area contributed by atoms with E-state index in [1.54, 1.807) is 18.2 Å². The zero-order chi connectivity index (χ0) is 16.4. The van der Waals surface area contributed by atoms with Crippen molar-refractivity contribution in [3.63, 3.8) is 0 Å². The van der Waals surface area contributed by atoms with E-state index in [2.05, 4.69) is 5.10 Å². The van der Waals surface area contributed by atoms with Gasteiger partial charge in [-0.1, -0.05) is 18.2 Å². The lowest BCUT2D eigenvalue weighted by atomic mass is 10.1. The van der Waals surface area contributed by atoms with Crippen molar-refractivity contribution in [3.8, 4) is 10.8 Å². The van der Waals surface area contributed by atoms with Crippen LogP contribution in [-0.2, 0) is 6.54 Å². The lowest BCUT2D eigenvalue weighted by molar-refractivity contribution is -0.385. The molecule has 0 radical (unpaired) electrons. The van der Waals surface area contributed by atoms with Gasteiger partial charge in [0.1, 0.15) is 0 Å². The summed E-state index contributed by atoms with van der Waals surface area (Å²) in [7, 11) is 0. The van der Waals surface area contributed by atoms with E-state index in [1.807, 2.05) is 5.38 Å². The Morgan fingerprint density at radius 2 is 2.22 bits per heavy atom. The van der Waals surface area contributed by atoms with Crippen LogP contribution in [0.2, 0.25) is 0 Å². The second kappa shape index (κ2) is 6.15. The minimum Gasteiger partial charge on any atom is -0.387 e. The first-order chi connectivity index (χ1) is 11.0. The van der Waals surface area contributed by atoms with Crippen LogP contribution in [-0.4, -0.2) is 19.8 Å². The highest BCUT2D eigenvalue weighted by Crippen LogP contribution is 2.23. The van der Waals surface area contributed by atoms with E-state index in [1.165, 1.54) is 29.5 Å². The second-order valence-corrected chi connectivity index (χ2v) is 5.65. The number of aliphatic hydroxyl groups is 1. The minimum absolute atomic E-state index is 0.131. The van der Waals surface area contributed by atoms with E-state index in [9.17, 15) is 20.0 Å². The maximum absolute atomic E-state index is 11.8. The summed E-state index contributed by atoms with van der Waals surface area (Å²) in [6.45, 7) is -0.158. The van der Waals surface area contributed by atoms with Gasteiger partial charge in [-0.3, -0.25) is 10.1 Å². The lowest BCUT2D eigenvalue weighted by Gasteiger charge is -2.09. The first kappa shape index (κ1) is 15.1. The van der Waals surface area contributed by atoms with Crippen molar-refractivity contribution in [2.75, 3.05) is 0 Å². The Bertz CT molecular complexity index is 884. The molecule has 2 heterocycles. The number of rotatable bonds is 5. The summed E-state index contributed by atoms with van der Waals surface area (Å²) in [4.78, 5) is 22.7. The smallest absolute Gasteiger partial charge is 0.387 e. The average Bonchev–Trinajstić information content (AvgIpc) is 3.18. The van der Waals surface area contributed by atoms with Crippen LogP contribution in [0.4, 0.5) is 5.69 Å². The number of non-ortho nitro benzene ring substituents is 1. The number of nitro groups is 1. The van der Waals surface area contributed by atoms with E-state index in [0.29, 0.717) is 10.4 Å². The number of hydrogen-bond donors (Lipinski definition) is 1. The molecule has 8 nitrogen and oxygen atoms in total. The summed E-state index contributed by atoms with van der Waals surface area (Å²) in [5, 5.41) is 26.8. The van der Waals surface area contributed by atoms with E-state index in [0.717, 1.165) is 4.68 Å². The number of benzene rings is 1. The fraction of sp³-hybridized carbons (Fsp3) is 0.143. The van der Waals surface area contributed by atoms with Crippen LogP contribution in [0.3, 0.4) is 0 Å². The number of nitro benzene ring substituents is 1. The quantitative estimate of drug-likeness (QED) is 0.566. The lowest BCUT2D eigenvalue weighted by Crippen LogP contribution is -2.20. The van der Waals surface area contributed by atoms with Crippen LogP contribution >= 0.6 is 11.3 Å². The Kier molecular flexibility index (Phi) is 4.04. The van der Waals surface area contributed by atoms with Gasteiger partial charge in [-0.15, -0.1) is 16.4 Å². The molecule has 0 bridgehead atoms. The predicted molar refractivity (Wildman–Crippen MR) is 82.1 cm³/mol. The molecule has 0 aliphatic carbocycles. The average molecular weight is 333 g/mol. The summed E-state index contributed by atoms with van der Waals surface area (Å²) in [5.41, 5.74) is 0.195. The highest BCUT2D eigenvalue weighted by molar-refractivity contribution is 7.13. The normalized spacial score (nSPS) is 12.2. The molecule has 0 amide bonds. The first-order valence-electron chi connectivity index (χ1n) is 6.59. The zero-order valence-electron chi connectivity index (χ0n) is 11.7. The SMILES string of the molecule is O=c1oc(-c2cccs2)nn1CC(O)c1cccc([N+](=O)[O-])c1. The van der Waals surface area contributed by atoms with Gasteiger partial charge < -0.3 is 9.52 Å². The molecule has 9 heteroatoms. The van der Waals surface area contributed by atoms with E-state index >= 15 is 0 Å². The van der Waals surface area contributed by atoms with Gasteiger partial charge in [-0.2, -0.15) is 4.68 Å². The van der Waals surface area contributed by atoms with Crippen molar-refractivity contribution in [2.45, 2.75) is 12.6 Å². The van der Waals surface area contributed by atoms with Gasteiger partial charge in [0.25, 0.3) is 11.6 Å². The standard InChI is InChI=1S/C14H11N3O5S/c18-11(9-3-1-4-10(7-9)17(20)21)8-16-14(19)22-13(15-16)12-5-2-6-23-12/h1-7,11,18H,8H2. The minimum atomic E-state index is -1.12. The van der Waals surface area contributed by atoms with Crippen molar-refractivity contribution in [2.24, 2.45) is 0 Å². The molecule has 118 valence electrons. The van der Waals surface area contributed by atoms with Gasteiger partial charge in [0.15, 0.2) is 0 Å². The molecule has 0 saturated carbocycles. The Morgan fingerprint density at radius 3 is 2.91 bits per heavy atom. The zero-order valence-corrected chi connectivity index (χ0v) is 12.5. The van der Waals surface area contributed by atoms with Crippen molar-refractivity contribution >= 4 is 17.0 Å². The van der Waals surface area contributed by atoms with Crippen molar-refractivity contribution in [1.82, 2.24) is 9.78 Å². The van der Waals surface area contributed by atoms with Gasteiger partial charge in [0.05, 0.1) is 22.4 Å². The van der Waals surface area contributed by atoms with Gasteiger partial charge >= 0.3 is 5.76 Å². The molecule has 3 aromatic rings. The number of nitrogens with zero attached hydrogens (tertiary/aromatic N) is 3. The second-order valence-electron chi connectivity index (χ2n) is 4.70. The monoisotopic (exact) mass is 333 g/mol. The Hall–Kier alpha value is -2.78. The molecule has 0 aliphatic heterocycles. The van der Waals surface area contributed by atoms with Crippen LogP contribution in [0.5, 0.6) is 0 Å². The number of aliphatic hydroxyl groups excluding tert-OH is 1. The Morgan fingerprint density at radius 1 is 1.39 bits per heavy atom. The highest BCUT2D eigenvalue weighted by atomic mass is 32.1. The van der Waals surface area contributed by atoms with Gasteiger partial charge in [-0.05, 0) is 17.0 Å². The molecule has 1 atom stereocenters. The Labute approximate surface area is 133 Å². The van der Waals surface area contributed by atoms with E-state index in [-0.39, 0.29) is 18.1 Å². The molecule has 0 spiro atoms. The third kappa shape index (κ3) is 3.20. The Balaban J connectivity index is 1.83. The van der Waals surface area contributed by atoms with Crippen molar-refractivity contribution in [1.29, 1.82) is 0 Å². The highest BCUT2D eigenvalue weighted by Gasteiger charge is 2.17. The van der Waals surface area contributed by atoms with Gasteiger partial charge in [0.2, 0.25) is 0 Å². The molecular formula is C14H11N3O5S. The van der Waals surface area contributed by atoms with Gasteiger partial charge in [0, 0.05) is 12.1 Å².